The standard InChI is InChI=1S/C22H18N4O6S2/c1-9-19(11(3)27)34-22(24-9)25-16(13-6-5-7-14(8-13)26(31)32)15(18(29)21(25)30)17(28)20-10(2)23-12(4)33-20/h5-8,16,29H,1-4H3. The minimum absolute atomic E-state index is 0.0933. The van der Waals surface area contributed by atoms with Crippen molar-refractivity contribution in [1.29, 1.82) is 0 Å². The second kappa shape index (κ2) is 8.54. The molecule has 0 fully saturated rings. The van der Waals surface area contributed by atoms with Crippen molar-refractivity contribution >= 4 is 51.0 Å². The van der Waals surface area contributed by atoms with Crippen molar-refractivity contribution in [2.45, 2.75) is 33.7 Å². The van der Waals surface area contributed by atoms with Crippen molar-refractivity contribution in [1.82, 2.24) is 9.97 Å². The van der Waals surface area contributed by atoms with E-state index in [0.29, 0.717) is 21.3 Å². The van der Waals surface area contributed by atoms with Crippen molar-refractivity contribution in [2.24, 2.45) is 0 Å². The molecule has 0 saturated carbocycles. The van der Waals surface area contributed by atoms with Crippen molar-refractivity contribution in [3.8, 4) is 0 Å². The van der Waals surface area contributed by atoms with Crippen molar-refractivity contribution < 1.29 is 24.4 Å². The number of hydrogen-bond donors (Lipinski definition) is 1. The van der Waals surface area contributed by atoms with Gasteiger partial charge in [0.05, 0.1) is 42.7 Å². The van der Waals surface area contributed by atoms with Gasteiger partial charge in [0, 0.05) is 19.1 Å². The second-order valence-corrected chi connectivity index (χ2v) is 9.82. The van der Waals surface area contributed by atoms with Crippen LogP contribution in [0, 0.1) is 30.9 Å². The SMILES string of the molecule is CC(=O)c1sc(N2C(=O)C(O)=C(C(=O)c3sc(C)nc3C)C2c2cccc([N+](=O)[O-])c2)nc1C. The largest absolute Gasteiger partial charge is 0.503 e. The van der Waals surface area contributed by atoms with Crippen LogP contribution in [0.15, 0.2) is 35.6 Å². The van der Waals surface area contributed by atoms with E-state index < -0.39 is 28.4 Å². The summed E-state index contributed by atoms with van der Waals surface area (Å²) in [7, 11) is 0. The first kappa shape index (κ1) is 23.4. The fraction of sp³-hybridized carbons (Fsp3) is 0.227. The Morgan fingerprint density at radius 3 is 2.35 bits per heavy atom. The number of nitrogens with zero attached hydrogens (tertiary/aromatic N) is 4. The normalized spacial score (nSPS) is 15.8. The van der Waals surface area contributed by atoms with E-state index in [4.69, 9.17) is 0 Å². The Morgan fingerprint density at radius 2 is 1.79 bits per heavy atom. The molecule has 0 spiro atoms. The summed E-state index contributed by atoms with van der Waals surface area (Å²) in [5, 5.41) is 23.0. The lowest BCUT2D eigenvalue weighted by Gasteiger charge is -2.24. The third-order valence-electron chi connectivity index (χ3n) is 5.27. The second-order valence-electron chi connectivity index (χ2n) is 7.64. The van der Waals surface area contributed by atoms with Gasteiger partial charge in [0.25, 0.3) is 11.6 Å². The molecule has 1 atom stereocenters. The van der Waals surface area contributed by atoms with Crippen LogP contribution in [0.2, 0.25) is 0 Å². The number of rotatable bonds is 6. The van der Waals surface area contributed by atoms with Crippen molar-refractivity contribution in [3.63, 3.8) is 0 Å². The van der Waals surface area contributed by atoms with Crippen LogP contribution in [-0.2, 0) is 4.79 Å². The maximum absolute atomic E-state index is 13.6. The molecule has 174 valence electrons. The van der Waals surface area contributed by atoms with Gasteiger partial charge < -0.3 is 5.11 Å². The van der Waals surface area contributed by atoms with Gasteiger partial charge in [0.15, 0.2) is 16.7 Å². The molecule has 1 aliphatic rings. The lowest BCUT2D eigenvalue weighted by Crippen LogP contribution is -2.31. The van der Waals surface area contributed by atoms with E-state index in [1.54, 1.807) is 20.8 Å². The number of non-ortho nitro benzene ring substituents is 1. The van der Waals surface area contributed by atoms with Gasteiger partial charge in [-0.05, 0) is 26.3 Å². The zero-order chi connectivity index (χ0) is 24.9. The van der Waals surface area contributed by atoms with Gasteiger partial charge in [0.2, 0.25) is 5.78 Å². The van der Waals surface area contributed by atoms with E-state index >= 15 is 0 Å². The molecule has 0 saturated heterocycles. The van der Waals surface area contributed by atoms with E-state index in [2.05, 4.69) is 9.97 Å². The Hall–Kier alpha value is -3.77. The number of nitro benzene ring substituents is 1. The van der Waals surface area contributed by atoms with E-state index in [0.717, 1.165) is 27.6 Å². The number of nitro groups is 1. The van der Waals surface area contributed by atoms with Crippen LogP contribution >= 0.6 is 22.7 Å². The Kier molecular flexibility index (Phi) is 5.87. The number of aliphatic hydroxyl groups excluding tert-OH is 1. The number of hydrogen-bond acceptors (Lipinski definition) is 10. The van der Waals surface area contributed by atoms with Crippen LogP contribution in [0.5, 0.6) is 0 Å². The van der Waals surface area contributed by atoms with E-state index in [1.807, 2.05) is 0 Å². The molecule has 0 bridgehead atoms. The van der Waals surface area contributed by atoms with E-state index in [1.165, 1.54) is 31.2 Å². The molecule has 0 radical (unpaired) electrons. The molecule has 3 heterocycles. The van der Waals surface area contributed by atoms with E-state index in [-0.39, 0.29) is 32.6 Å². The van der Waals surface area contributed by atoms with Gasteiger partial charge in [0.1, 0.15) is 0 Å². The Bertz CT molecular complexity index is 1420. The summed E-state index contributed by atoms with van der Waals surface area (Å²) < 4.78 is 0. The highest BCUT2D eigenvalue weighted by molar-refractivity contribution is 7.17. The summed E-state index contributed by atoms with van der Waals surface area (Å²) in [6.07, 6.45) is 0. The van der Waals surface area contributed by atoms with Crippen LogP contribution in [0.1, 0.15) is 54.3 Å². The predicted octanol–water partition coefficient (Wildman–Crippen LogP) is 4.42. The van der Waals surface area contributed by atoms with E-state index in [9.17, 15) is 29.6 Å². The third kappa shape index (κ3) is 3.80. The highest BCUT2D eigenvalue weighted by atomic mass is 32.1. The molecule has 12 heteroatoms. The molecule has 4 rings (SSSR count). The Morgan fingerprint density at radius 1 is 1.12 bits per heavy atom. The van der Waals surface area contributed by atoms with Gasteiger partial charge in [-0.25, -0.2) is 9.97 Å². The van der Waals surface area contributed by atoms with Gasteiger partial charge in [-0.15, -0.1) is 11.3 Å². The molecule has 1 unspecified atom stereocenters. The number of carbonyl (C=O) groups is 3. The Balaban J connectivity index is 1.93. The first-order valence-corrected chi connectivity index (χ1v) is 11.6. The third-order valence-corrected chi connectivity index (χ3v) is 7.60. The van der Waals surface area contributed by atoms with Crippen LogP contribution in [0.25, 0.3) is 0 Å². The molecule has 10 nitrogen and oxygen atoms in total. The van der Waals surface area contributed by atoms with Gasteiger partial charge in [-0.1, -0.05) is 23.5 Å². The first-order valence-electron chi connectivity index (χ1n) is 9.99. The highest BCUT2D eigenvalue weighted by Gasteiger charge is 2.47. The zero-order valence-corrected chi connectivity index (χ0v) is 20.1. The number of carbonyl (C=O) groups excluding carboxylic acids is 3. The smallest absolute Gasteiger partial charge is 0.296 e. The molecule has 0 aliphatic carbocycles. The number of anilines is 1. The number of amides is 1. The minimum atomic E-state index is -1.19. The molecule has 1 amide bonds. The van der Waals surface area contributed by atoms with Crippen molar-refractivity contribution in [2.75, 3.05) is 4.90 Å². The number of aromatic nitrogens is 2. The monoisotopic (exact) mass is 498 g/mol. The molecule has 34 heavy (non-hydrogen) atoms. The van der Waals surface area contributed by atoms with Crippen LogP contribution in [-0.4, -0.2) is 37.5 Å². The van der Waals surface area contributed by atoms with Crippen LogP contribution in [0.4, 0.5) is 10.8 Å². The molecule has 1 aromatic carbocycles. The maximum Gasteiger partial charge on any atom is 0.296 e. The number of ketones is 2. The van der Waals surface area contributed by atoms with Gasteiger partial charge >= 0.3 is 0 Å². The average molecular weight is 499 g/mol. The fourth-order valence-electron chi connectivity index (χ4n) is 3.83. The number of aliphatic hydroxyl groups is 1. The average Bonchev–Trinajstić information content (AvgIpc) is 3.41. The number of Topliss-reactive ketones (excluding diaryl/α,β-unsaturated/α-hetero) is 2. The summed E-state index contributed by atoms with van der Waals surface area (Å²) in [4.78, 5) is 59.9. The molecule has 1 N–H and O–H groups in total. The molecular formula is C22H18N4O6S2. The summed E-state index contributed by atoms with van der Waals surface area (Å²) in [5.74, 6) is -2.51. The number of benzene rings is 1. The molecule has 1 aliphatic heterocycles. The molecule has 3 aromatic rings. The topological polar surface area (TPSA) is 144 Å². The summed E-state index contributed by atoms with van der Waals surface area (Å²) in [6.45, 7) is 6.36. The maximum atomic E-state index is 13.6. The van der Waals surface area contributed by atoms with Gasteiger partial charge in [-0.2, -0.15) is 0 Å². The fourth-order valence-corrected chi connectivity index (χ4v) is 5.70. The lowest BCUT2D eigenvalue weighted by molar-refractivity contribution is -0.384. The number of thiazole rings is 2. The summed E-state index contributed by atoms with van der Waals surface area (Å²) in [5.41, 5.74) is 0.611. The summed E-state index contributed by atoms with van der Waals surface area (Å²) in [6, 6.07) is 4.30. The van der Waals surface area contributed by atoms with Crippen LogP contribution < -0.4 is 4.90 Å². The molecule has 2 aromatic heterocycles. The number of aryl methyl sites for hydroxylation is 3. The van der Waals surface area contributed by atoms with Gasteiger partial charge in [-0.3, -0.25) is 29.4 Å². The quantitative estimate of drug-likeness (QED) is 0.299. The minimum Gasteiger partial charge on any atom is -0.503 e. The first-order chi connectivity index (χ1) is 16.0. The zero-order valence-electron chi connectivity index (χ0n) is 18.5. The van der Waals surface area contributed by atoms with Crippen LogP contribution in [0.3, 0.4) is 0 Å². The molecular weight excluding hydrogens is 480 g/mol. The highest BCUT2D eigenvalue weighted by Crippen LogP contribution is 2.44. The van der Waals surface area contributed by atoms with Crippen molar-refractivity contribution in [3.05, 3.63) is 77.4 Å². The Labute approximate surface area is 201 Å². The predicted molar refractivity (Wildman–Crippen MR) is 126 cm³/mol. The lowest BCUT2D eigenvalue weighted by atomic mass is 9.95. The summed E-state index contributed by atoms with van der Waals surface area (Å²) >= 11 is 2.07.